The molecular formula is C16H12IN. The topological polar surface area (TPSA) is 26.0 Å². The van der Waals surface area contributed by atoms with Gasteiger partial charge in [0.15, 0.2) is 0 Å². The highest BCUT2D eigenvalue weighted by atomic mass is 127. The summed E-state index contributed by atoms with van der Waals surface area (Å²) in [7, 11) is 0. The van der Waals surface area contributed by atoms with E-state index in [1.165, 1.54) is 19.9 Å². The molecule has 18 heavy (non-hydrogen) atoms. The number of fused-ring (bicyclic) bond motifs is 1. The second-order valence-corrected chi connectivity index (χ2v) is 5.39. The average molecular weight is 345 g/mol. The summed E-state index contributed by atoms with van der Waals surface area (Å²) in [6, 6.07) is 20.7. The maximum absolute atomic E-state index is 6.09. The highest BCUT2D eigenvalue weighted by molar-refractivity contribution is 14.1. The van der Waals surface area contributed by atoms with Crippen LogP contribution in [0.4, 0.5) is 5.69 Å². The zero-order chi connectivity index (χ0) is 12.5. The van der Waals surface area contributed by atoms with Crippen LogP contribution in [-0.4, -0.2) is 0 Å². The lowest BCUT2D eigenvalue weighted by atomic mass is 9.97. The number of nitrogens with two attached hydrogens (primary N) is 1. The summed E-state index contributed by atoms with van der Waals surface area (Å²) >= 11 is 2.38. The molecule has 3 rings (SSSR count). The van der Waals surface area contributed by atoms with Gasteiger partial charge in [0.25, 0.3) is 0 Å². The van der Waals surface area contributed by atoms with E-state index in [2.05, 4.69) is 65.1 Å². The Hall–Kier alpha value is -1.55. The summed E-state index contributed by atoms with van der Waals surface area (Å²) in [5.41, 5.74) is 9.22. The summed E-state index contributed by atoms with van der Waals surface area (Å²) in [5, 5.41) is 2.53. The first-order chi connectivity index (χ1) is 8.77. The second kappa shape index (κ2) is 4.61. The Morgan fingerprint density at radius 2 is 1.39 bits per heavy atom. The number of benzene rings is 3. The maximum Gasteiger partial charge on any atom is 0.0393 e. The highest BCUT2D eigenvalue weighted by Crippen LogP contribution is 2.34. The lowest BCUT2D eigenvalue weighted by Crippen LogP contribution is -1.91. The van der Waals surface area contributed by atoms with E-state index in [0.29, 0.717) is 0 Å². The van der Waals surface area contributed by atoms with Crippen LogP contribution in [0.5, 0.6) is 0 Å². The van der Waals surface area contributed by atoms with Crippen LogP contribution in [0, 0.1) is 3.57 Å². The van der Waals surface area contributed by atoms with E-state index in [1.54, 1.807) is 0 Å². The van der Waals surface area contributed by atoms with Crippen LogP contribution in [0.3, 0.4) is 0 Å². The molecule has 0 heterocycles. The van der Waals surface area contributed by atoms with Crippen LogP contribution >= 0.6 is 22.6 Å². The first kappa shape index (κ1) is 11.5. The molecule has 0 spiro atoms. The van der Waals surface area contributed by atoms with Gasteiger partial charge in [-0.05, 0) is 45.7 Å². The molecule has 3 aromatic rings. The molecule has 2 heteroatoms. The molecule has 0 aliphatic heterocycles. The van der Waals surface area contributed by atoms with Crippen LogP contribution in [0.1, 0.15) is 0 Å². The molecule has 0 aromatic heterocycles. The summed E-state index contributed by atoms with van der Waals surface area (Å²) < 4.78 is 1.25. The molecule has 3 aromatic carbocycles. The zero-order valence-electron chi connectivity index (χ0n) is 9.73. The van der Waals surface area contributed by atoms with Gasteiger partial charge in [-0.1, -0.05) is 48.5 Å². The zero-order valence-corrected chi connectivity index (χ0v) is 11.9. The molecule has 0 radical (unpaired) electrons. The van der Waals surface area contributed by atoms with Crippen molar-refractivity contribution < 1.29 is 0 Å². The molecule has 0 fully saturated rings. The van der Waals surface area contributed by atoms with Crippen molar-refractivity contribution >= 4 is 39.1 Å². The number of anilines is 1. The summed E-state index contributed by atoms with van der Waals surface area (Å²) in [6.07, 6.45) is 0. The Morgan fingerprint density at radius 3 is 2.17 bits per heavy atom. The average Bonchev–Trinajstić information content (AvgIpc) is 2.39. The molecule has 0 aliphatic rings. The molecule has 0 atom stereocenters. The molecular weight excluding hydrogens is 333 g/mol. The summed E-state index contributed by atoms with van der Waals surface area (Å²) in [5.74, 6) is 0. The Morgan fingerprint density at radius 1 is 0.722 bits per heavy atom. The number of rotatable bonds is 1. The van der Waals surface area contributed by atoms with Crippen molar-refractivity contribution in [1.82, 2.24) is 0 Å². The van der Waals surface area contributed by atoms with E-state index in [-0.39, 0.29) is 0 Å². The van der Waals surface area contributed by atoms with Crippen LogP contribution in [0.2, 0.25) is 0 Å². The fourth-order valence-electron chi connectivity index (χ4n) is 2.26. The first-order valence-corrected chi connectivity index (χ1v) is 6.87. The minimum Gasteiger partial charge on any atom is -0.398 e. The molecule has 0 aliphatic carbocycles. The number of para-hydroxylation sites is 1. The molecule has 0 amide bonds. The van der Waals surface area contributed by atoms with Crippen molar-refractivity contribution in [3.63, 3.8) is 0 Å². The van der Waals surface area contributed by atoms with Crippen LogP contribution in [0.25, 0.3) is 21.9 Å². The highest BCUT2D eigenvalue weighted by Gasteiger charge is 2.08. The van der Waals surface area contributed by atoms with Gasteiger partial charge in [-0.2, -0.15) is 0 Å². The minimum absolute atomic E-state index is 0.824. The summed E-state index contributed by atoms with van der Waals surface area (Å²) in [6.45, 7) is 0. The monoisotopic (exact) mass is 345 g/mol. The molecule has 0 saturated carbocycles. The molecule has 1 nitrogen and oxygen atoms in total. The van der Waals surface area contributed by atoms with Crippen molar-refractivity contribution in [2.24, 2.45) is 0 Å². The number of hydrogen-bond donors (Lipinski definition) is 1. The van der Waals surface area contributed by atoms with Crippen molar-refractivity contribution in [2.45, 2.75) is 0 Å². The van der Waals surface area contributed by atoms with Crippen molar-refractivity contribution in [2.75, 3.05) is 5.73 Å². The number of halogens is 1. The fraction of sp³-hybridized carbons (Fsp3) is 0. The molecule has 2 N–H and O–H groups in total. The first-order valence-electron chi connectivity index (χ1n) is 5.79. The number of nitrogen functional groups attached to an aromatic ring is 1. The Balaban J connectivity index is 2.40. The Labute approximate surface area is 120 Å². The summed E-state index contributed by atoms with van der Waals surface area (Å²) in [4.78, 5) is 0. The number of hydrogen-bond acceptors (Lipinski definition) is 1. The van der Waals surface area contributed by atoms with Gasteiger partial charge in [0.1, 0.15) is 0 Å². The van der Waals surface area contributed by atoms with Crippen LogP contribution in [0.15, 0.2) is 60.7 Å². The third-order valence-electron chi connectivity index (χ3n) is 3.10. The van der Waals surface area contributed by atoms with Gasteiger partial charge in [-0.25, -0.2) is 0 Å². The maximum atomic E-state index is 6.09. The second-order valence-electron chi connectivity index (χ2n) is 4.23. The van der Waals surface area contributed by atoms with Gasteiger partial charge in [-0.15, -0.1) is 0 Å². The standard InChI is InChI=1S/C16H12IN/c17-14-9-4-6-11-5-3-8-13(16(11)14)12-7-1-2-10-15(12)18/h1-10H,18H2. The van der Waals surface area contributed by atoms with E-state index >= 15 is 0 Å². The largest absolute Gasteiger partial charge is 0.398 e. The molecule has 0 saturated heterocycles. The van der Waals surface area contributed by atoms with E-state index < -0.39 is 0 Å². The molecule has 0 bridgehead atoms. The van der Waals surface area contributed by atoms with E-state index in [0.717, 1.165) is 11.3 Å². The third-order valence-corrected chi connectivity index (χ3v) is 4.00. The van der Waals surface area contributed by atoms with Crippen molar-refractivity contribution in [3.8, 4) is 11.1 Å². The van der Waals surface area contributed by atoms with Gasteiger partial charge in [0, 0.05) is 20.2 Å². The lowest BCUT2D eigenvalue weighted by molar-refractivity contribution is 1.63. The van der Waals surface area contributed by atoms with Gasteiger partial charge in [0.05, 0.1) is 0 Å². The van der Waals surface area contributed by atoms with Gasteiger partial charge in [0.2, 0.25) is 0 Å². The predicted molar refractivity (Wildman–Crippen MR) is 86.5 cm³/mol. The molecule has 88 valence electrons. The predicted octanol–water partition coefficient (Wildman–Crippen LogP) is 4.69. The van der Waals surface area contributed by atoms with Gasteiger partial charge in [-0.3, -0.25) is 0 Å². The van der Waals surface area contributed by atoms with Crippen molar-refractivity contribution in [3.05, 3.63) is 64.2 Å². The normalized spacial score (nSPS) is 10.7. The fourth-order valence-corrected chi connectivity index (χ4v) is 3.07. The SMILES string of the molecule is Nc1ccccc1-c1cccc2cccc(I)c12. The Bertz CT molecular complexity index is 714. The van der Waals surface area contributed by atoms with Crippen LogP contribution in [-0.2, 0) is 0 Å². The van der Waals surface area contributed by atoms with E-state index in [4.69, 9.17) is 5.73 Å². The quantitative estimate of drug-likeness (QED) is 0.502. The third kappa shape index (κ3) is 1.86. The van der Waals surface area contributed by atoms with E-state index in [9.17, 15) is 0 Å². The molecule has 0 unspecified atom stereocenters. The minimum atomic E-state index is 0.824. The van der Waals surface area contributed by atoms with Crippen LogP contribution < -0.4 is 5.73 Å². The smallest absolute Gasteiger partial charge is 0.0393 e. The lowest BCUT2D eigenvalue weighted by Gasteiger charge is -2.10. The van der Waals surface area contributed by atoms with Crippen molar-refractivity contribution in [1.29, 1.82) is 0 Å². The van der Waals surface area contributed by atoms with Gasteiger partial charge >= 0.3 is 0 Å². The Kier molecular flexibility index (Phi) is 2.96. The van der Waals surface area contributed by atoms with E-state index in [1.807, 2.05) is 18.2 Å². The van der Waals surface area contributed by atoms with Gasteiger partial charge < -0.3 is 5.73 Å².